The molecular weight excluding hydrogens is 140 g/mol. The molecule has 0 aliphatic carbocycles. The SMILES string of the molecule is CC1CCN(CCN)C(=O)C1. The van der Waals surface area contributed by atoms with Crippen molar-refractivity contribution in [3.05, 3.63) is 0 Å². The van der Waals surface area contributed by atoms with Crippen LogP contribution < -0.4 is 5.73 Å². The van der Waals surface area contributed by atoms with Gasteiger partial charge in [-0.05, 0) is 12.3 Å². The van der Waals surface area contributed by atoms with Crippen molar-refractivity contribution >= 4 is 5.91 Å². The molecule has 2 N–H and O–H groups in total. The quantitative estimate of drug-likeness (QED) is 0.621. The molecule has 0 aromatic heterocycles. The van der Waals surface area contributed by atoms with Gasteiger partial charge in [-0.3, -0.25) is 4.79 Å². The summed E-state index contributed by atoms with van der Waals surface area (Å²) in [5.74, 6) is 0.839. The van der Waals surface area contributed by atoms with E-state index in [2.05, 4.69) is 6.92 Å². The number of amides is 1. The lowest BCUT2D eigenvalue weighted by atomic mass is 9.99. The fourth-order valence-electron chi connectivity index (χ4n) is 1.42. The Balaban J connectivity index is 2.38. The van der Waals surface area contributed by atoms with Crippen molar-refractivity contribution in [3.63, 3.8) is 0 Å². The number of rotatable bonds is 2. The second kappa shape index (κ2) is 3.72. The third kappa shape index (κ3) is 2.19. The molecule has 1 rings (SSSR count). The highest BCUT2D eigenvalue weighted by molar-refractivity contribution is 5.77. The van der Waals surface area contributed by atoms with Crippen LogP contribution in [0.15, 0.2) is 0 Å². The second-order valence-electron chi connectivity index (χ2n) is 3.27. The first kappa shape index (κ1) is 8.53. The number of piperidine rings is 1. The Morgan fingerprint density at radius 2 is 2.45 bits per heavy atom. The van der Waals surface area contributed by atoms with Crippen LogP contribution >= 0.6 is 0 Å². The van der Waals surface area contributed by atoms with E-state index >= 15 is 0 Å². The second-order valence-corrected chi connectivity index (χ2v) is 3.27. The number of hydrogen-bond donors (Lipinski definition) is 1. The van der Waals surface area contributed by atoms with Crippen molar-refractivity contribution in [3.8, 4) is 0 Å². The molecule has 1 aliphatic heterocycles. The summed E-state index contributed by atoms with van der Waals surface area (Å²) in [5.41, 5.74) is 5.36. The van der Waals surface area contributed by atoms with Gasteiger partial charge in [0.25, 0.3) is 0 Å². The van der Waals surface area contributed by atoms with Crippen molar-refractivity contribution in [1.29, 1.82) is 0 Å². The van der Waals surface area contributed by atoms with Crippen LogP contribution in [0, 0.1) is 5.92 Å². The predicted molar refractivity (Wildman–Crippen MR) is 44.0 cm³/mol. The molecule has 3 heteroatoms. The van der Waals surface area contributed by atoms with Crippen LogP contribution in [0.25, 0.3) is 0 Å². The zero-order valence-corrected chi connectivity index (χ0v) is 7.05. The van der Waals surface area contributed by atoms with Crippen LogP contribution in [0.4, 0.5) is 0 Å². The van der Waals surface area contributed by atoms with Gasteiger partial charge >= 0.3 is 0 Å². The molecular formula is C8H16N2O. The van der Waals surface area contributed by atoms with Crippen LogP contribution in [0.1, 0.15) is 19.8 Å². The Labute approximate surface area is 67.5 Å². The van der Waals surface area contributed by atoms with Crippen molar-refractivity contribution in [2.75, 3.05) is 19.6 Å². The molecule has 0 aromatic carbocycles. The van der Waals surface area contributed by atoms with Crippen molar-refractivity contribution in [1.82, 2.24) is 4.90 Å². The minimum atomic E-state index is 0.272. The van der Waals surface area contributed by atoms with Crippen molar-refractivity contribution in [2.24, 2.45) is 11.7 Å². The predicted octanol–water partition coefficient (Wildman–Crippen LogP) is 0.204. The monoisotopic (exact) mass is 156 g/mol. The maximum Gasteiger partial charge on any atom is 0.222 e. The standard InChI is InChI=1S/C8H16N2O/c1-7-2-4-10(5-3-9)8(11)6-7/h7H,2-6,9H2,1H3. The Hall–Kier alpha value is -0.570. The first-order chi connectivity index (χ1) is 5.24. The van der Waals surface area contributed by atoms with E-state index in [1.807, 2.05) is 4.90 Å². The molecule has 1 atom stereocenters. The van der Waals surface area contributed by atoms with E-state index in [4.69, 9.17) is 5.73 Å². The number of likely N-dealkylation sites (tertiary alicyclic amines) is 1. The third-order valence-corrected chi connectivity index (χ3v) is 2.17. The van der Waals surface area contributed by atoms with Crippen molar-refractivity contribution < 1.29 is 4.79 Å². The van der Waals surface area contributed by atoms with Gasteiger partial charge in [-0.2, -0.15) is 0 Å². The number of hydrogen-bond acceptors (Lipinski definition) is 2. The Morgan fingerprint density at radius 3 is 3.00 bits per heavy atom. The fraction of sp³-hybridized carbons (Fsp3) is 0.875. The summed E-state index contributed by atoms with van der Waals surface area (Å²) < 4.78 is 0. The maximum absolute atomic E-state index is 11.3. The Bertz CT molecular complexity index is 147. The minimum absolute atomic E-state index is 0.272. The van der Waals surface area contributed by atoms with Gasteiger partial charge in [-0.25, -0.2) is 0 Å². The molecule has 0 bridgehead atoms. The largest absolute Gasteiger partial charge is 0.341 e. The molecule has 1 unspecified atom stereocenters. The minimum Gasteiger partial charge on any atom is -0.341 e. The van der Waals surface area contributed by atoms with Gasteiger partial charge in [-0.1, -0.05) is 6.92 Å². The average molecular weight is 156 g/mol. The highest BCUT2D eigenvalue weighted by Gasteiger charge is 2.21. The van der Waals surface area contributed by atoms with Gasteiger partial charge in [0, 0.05) is 26.1 Å². The average Bonchev–Trinajstić information content (AvgIpc) is 1.95. The topological polar surface area (TPSA) is 46.3 Å². The molecule has 0 spiro atoms. The summed E-state index contributed by atoms with van der Waals surface area (Å²) >= 11 is 0. The lowest BCUT2D eigenvalue weighted by Crippen LogP contribution is -2.40. The highest BCUT2D eigenvalue weighted by atomic mass is 16.2. The number of nitrogens with two attached hydrogens (primary N) is 1. The molecule has 0 radical (unpaired) electrons. The van der Waals surface area contributed by atoms with Gasteiger partial charge in [0.15, 0.2) is 0 Å². The van der Waals surface area contributed by atoms with Crippen LogP contribution in [0.5, 0.6) is 0 Å². The smallest absolute Gasteiger partial charge is 0.222 e. The van der Waals surface area contributed by atoms with Crippen LogP contribution in [0.2, 0.25) is 0 Å². The van der Waals surface area contributed by atoms with E-state index in [1.54, 1.807) is 0 Å². The van der Waals surface area contributed by atoms with Gasteiger partial charge in [0.1, 0.15) is 0 Å². The first-order valence-corrected chi connectivity index (χ1v) is 4.22. The molecule has 1 saturated heterocycles. The van der Waals surface area contributed by atoms with Crippen LogP contribution in [-0.4, -0.2) is 30.4 Å². The molecule has 64 valence electrons. The molecule has 1 aliphatic rings. The summed E-state index contributed by atoms with van der Waals surface area (Å²) in [5, 5.41) is 0. The zero-order valence-electron chi connectivity index (χ0n) is 7.05. The van der Waals surface area contributed by atoms with E-state index in [9.17, 15) is 4.79 Å². The Morgan fingerprint density at radius 1 is 1.73 bits per heavy atom. The van der Waals surface area contributed by atoms with Gasteiger partial charge in [0.05, 0.1) is 0 Å². The van der Waals surface area contributed by atoms with Crippen LogP contribution in [0.3, 0.4) is 0 Å². The number of nitrogens with zero attached hydrogens (tertiary/aromatic N) is 1. The van der Waals surface area contributed by atoms with Gasteiger partial charge < -0.3 is 10.6 Å². The molecule has 11 heavy (non-hydrogen) atoms. The van der Waals surface area contributed by atoms with E-state index in [-0.39, 0.29) is 5.91 Å². The van der Waals surface area contributed by atoms with E-state index in [0.29, 0.717) is 18.9 Å². The van der Waals surface area contributed by atoms with E-state index in [0.717, 1.165) is 19.5 Å². The lowest BCUT2D eigenvalue weighted by Gasteiger charge is -2.29. The summed E-state index contributed by atoms with van der Waals surface area (Å²) in [6.45, 7) is 4.33. The number of carbonyl (C=O) groups excluding carboxylic acids is 1. The fourth-order valence-corrected chi connectivity index (χ4v) is 1.42. The normalized spacial score (nSPS) is 25.8. The summed E-state index contributed by atoms with van der Waals surface area (Å²) in [6, 6.07) is 0. The third-order valence-electron chi connectivity index (χ3n) is 2.17. The summed E-state index contributed by atoms with van der Waals surface area (Å²) in [4.78, 5) is 13.1. The Kier molecular flexibility index (Phi) is 2.88. The molecule has 1 amide bonds. The van der Waals surface area contributed by atoms with E-state index < -0.39 is 0 Å². The lowest BCUT2D eigenvalue weighted by molar-refractivity contribution is -0.134. The summed E-state index contributed by atoms with van der Waals surface area (Å²) in [7, 11) is 0. The maximum atomic E-state index is 11.3. The highest BCUT2D eigenvalue weighted by Crippen LogP contribution is 2.16. The number of carbonyl (C=O) groups is 1. The molecule has 1 heterocycles. The molecule has 0 saturated carbocycles. The zero-order chi connectivity index (χ0) is 8.27. The van der Waals surface area contributed by atoms with Gasteiger partial charge in [0.2, 0.25) is 5.91 Å². The summed E-state index contributed by atoms with van der Waals surface area (Å²) in [6.07, 6.45) is 1.84. The molecule has 0 aromatic rings. The van der Waals surface area contributed by atoms with Crippen molar-refractivity contribution in [2.45, 2.75) is 19.8 Å². The first-order valence-electron chi connectivity index (χ1n) is 4.22. The van der Waals surface area contributed by atoms with E-state index in [1.165, 1.54) is 0 Å². The molecule has 3 nitrogen and oxygen atoms in total. The molecule has 1 fully saturated rings. The van der Waals surface area contributed by atoms with Crippen LogP contribution in [-0.2, 0) is 4.79 Å². The van der Waals surface area contributed by atoms with Gasteiger partial charge in [-0.15, -0.1) is 0 Å².